The summed E-state index contributed by atoms with van der Waals surface area (Å²) in [6.07, 6.45) is 0.538. The molecule has 16 heavy (non-hydrogen) atoms. The quantitative estimate of drug-likeness (QED) is 0.668. The number of aromatic hydroxyl groups is 1. The molecule has 1 rings (SSSR count). The van der Waals surface area contributed by atoms with Crippen molar-refractivity contribution in [1.29, 1.82) is 0 Å². The normalized spacial score (nSPS) is 11.9. The van der Waals surface area contributed by atoms with Gasteiger partial charge >= 0.3 is 0 Å². The van der Waals surface area contributed by atoms with Gasteiger partial charge in [0.05, 0.1) is 18.8 Å². The molecular formula is C11H16N2O3. The molecule has 0 heterocycles. The van der Waals surface area contributed by atoms with Crippen molar-refractivity contribution in [2.24, 2.45) is 5.73 Å². The number of ether oxygens (including phenoxy) is 1. The van der Waals surface area contributed by atoms with Gasteiger partial charge in [-0.25, -0.2) is 0 Å². The molecule has 0 unspecified atom stereocenters. The fourth-order valence-corrected chi connectivity index (χ4v) is 1.15. The van der Waals surface area contributed by atoms with Gasteiger partial charge in [-0.15, -0.1) is 0 Å². The summed E-state index contributed by atoms with van der Waals surface area (Å²) in [5.74, 6) is 0.210. The van der Waals surface area contributed by atoms with Crippen LogP contribution in [0.2, 0.25) is 0 Å². The Kier molecular flexibility index (Phi) is 4.13. The summed E-state index contributed by atoms with van der Waals surface area (Å²) in [6.45, 7) is 1.82. The number of carbonyl (C=O) groups excluding carboxylic acids is 1. The van der Waals surface area contributed by atoms with Crippen LogP contribution < -0.4 is 15.8 Å². The highest BCUT2D eigenvalue weighted by atomic mass is 16.5. The summed E-state index contributed by atoms with van der Waals surface area (Å²) < 4.78 is 4.98. The van der Waals surface area contributed by atoms with Gasteiger partial charge in [-0.05, 0) is 18.6 Å². The molecule has 0 radical (unpaired) electrons. The van der Waals surface area contributed by atoms with Crippen molar-refractivity contribution in [2.75, 3.05) is 12.4 Å². The summed E-state index contributed by atoms with van der Waals surface area (Å²) >= 11 is 0. The highest BCUT2D eigenvalue weighted by Crippen LogP contribution is 2.27. The number of phenolic OH excluding ortho intramolecular Hbond substituents is 1. The second-order valence-corrected chi connectivity index (χ2v) is 3.39. The maximum Gasteiger partial charge on any atom is 0.241 e. The van der Waals surface area contributed by atoms with Crippen LogP contribution in [0.3, 0.4) is 0 Å². The Bertz CT molecular complexity index is 379. The van der Waals surface area contributed by atoms with Crippen LogP contribution in [-0.4, -0.2) is 24.2 Å². The number of hydrogen-bond donors (Lipinski definition) is 3. The fourth-order valence-electron chi connectivity index (χ4n) is 1.15. The lowest BCUT2D eigenvalue weighted by Gasteiger charge is -2.12. The number of carbonyl (C=O) groups is 1. The first kappa shape index (κ1) is 12.3. The van der Waals surface area contributed by atoms with Gasteiger partial charge in [0.1, 0.15) is 11.5 Å². The average molecular weight is 224 g/mol. The average Bonchev–Trinajstić information content (AvgIpc) is 2.30. The number of amides is 1. The molecule has 0 saturated heterocycles. The van der Waals surface area contributed by atoms with E-state index in [0.29, 0.717) is 17.9 Å². The van der Waals surface area contributed by atoms with E-state index in [-0.39, 0.29) is 11.7 Å². The van der Waals surface area contributed by atoms with Gasteiger partial charge in [-0.3, -0.25) is 4.79 Å². The number of nitrogens with two attached hydrogens (primary N) is 1. The zero-order valence-corrected chi connectivity index (χ0v) is 9.36. The predicted molar refractivity (Wildman–Crippen MR) is 61.6 cm³/mol. The third-order valence-corrected chi connectivity index (χ3v) is 2.24. The number of nitrogens with one attached hydrogen (secondary N) is 1. The Morgan fingerprint density at radius 3 is 2.88 bits per heavy atom. The molecule has 0 saturated carbocycles. The van der Waals surface area contributed by atoms with E-state index in [1.54, 1.807) is 6.07 Å². The van der Waals surface area contributed by atoms with Gasteiger partial charge in [0.15, 0.2) is 0 Å². The molecule has 0 bridgehead atoms. The van der Waals surface area contributed by atoms with Gasteiger partial charge in [0, 0.05) is 6.07 Å². The minimum atomic E-state index is -0.578. The molecule has 0 aliphatic rings. The molecule has 5 nitrogen and oxygen atoms in total. The van der Waals surface area contributed by atoms with E-state index in [2.05, 4.69) is 5.32 Å². The third kappa shape index (κ3) is 2.87. The van der Waals surface area contributed by atoms with E-state index < -0.39 is 6.04 Å². The van der Waals surface area contributed by atoms with Crippen LogP contribution in [-0.2, 0) is 4.79 Å². The second-order valence-electron chi connectivity index (χ2n) is 3.39. The summed E-state index contributed by atoms with van der Waals surface area (Å²) in [5.41, 5.74) is 5.86. The van der Waals surface area contributed by atoms with Gasteiger partial charge in [0.2, 0.25) is 5.91 Å². The Labute approximate surface area is 94.2 Å². The number of anilines is 1. The Hall–Kier alpha value is -1.75. The van der Waals surface area contributed by atoms with Crippen LogP contribution in [0.5, 0.6) is 11.5 Å². The number of phenols is 1. The fraction of sp³-hybridized carbons (Fsp3) is 0.364. The minimum absolute atomic E-state index is 0.0162. The summed E-state index contributed by atoms with van der Waals surface area (Å²) in [7, 11) is 1.51. The number of methoxy groups -OCH3 is 1. The van der Waals surface area contributed by atoms with E-state index in [9.17, 15) is 9.90 Å². The van der Waals surface area contributed by atoms with Crippen LogP contribution in [0.4, 0.5) is 5.69 Å². The smallest absolute Gasteiger partial charge is 0.241 e. The molecule has 0 aromatic heterocycles. The number of hydrogen-bond acceptors (Lipinski definition) is 4. The first-order valence-corrected chi connectivity index (χ1v) is 5.02. The zero-order valence-electron chi connectivity index (χ0n) is 9.36. The molecular weight excluding hydrogens is 208 g/mol. The van der Waals surface area contributed by atoms with Crippen molar-refractivity contribution in [2.45, 2.75) is 19.4 Å². The van der Waals surface area contributed by atoms with E-state index in [1.165, 1.54) is 19.2 Å². The van der Waals surface area contributed by atoms with Gasteiger partial charge in [-0.2, -0.15) is 0 Å². The first-order chi connectivity index (χ1) is 7.58. The Morgan fingerprint density at radius 2 is 2.31 bits per heavy atom. The largest absolute Gasteiger partial charge is 0.506 e. The maximum absolute atomic E-state index is 11.5. The highest BCUT2D eigenvalue weighted by Gasteiger charge is 2.13. The summed E-state index contributed by atoms with van der Waals surface area (Å²) in [4.78, 5) is 11.5. The standard InChI is InChI=1S/C11H16N2O3/c1-3-8(12)11(15)13-9-6-7(16-2)4-5-10(9)14/h4-6,8,14H,3,12H2,1-2H3,(H,13,15)/t8-/m0/s1. The lowest BCUT2D eigenvalue weighted by Crippen LogP contribution is -2.34. The van der Waals surface area contributed by atoms with Crippen LogP contribution in [0, 0.1) is 0 Å². The van der Waals surface area contributed by atoms with Crippen LogP contribution in [0.15, 0.2) is 18.2 Å². The highest BCUT2D eigenvalue weighted by molar-refractivity contribution is 5.96. The van der Waals surface area contributed by atoms with Gasteiger partial charge < -0.3 is 20.9 Å². The minimum Gasteiger partial charge on any atom is -0.506 e. The van der Waals surface area contributed by atoms with E-state index >= 15 is 0 Å². The molecule has 1 amide bonds. The Balaban J connectivity index is 2.83. The number of rotatable bonds is 4. The maximum atomic E-state index is 11.5. The molecule has 0 aliphatic carbocycles. The van der Waals surface area contributed by atoms with Gasteiger partial charge in [0.25, 0.3) is 0 Å². The predicted octanol–water partition coefficient (Wildman–Crippen LogP) is 1.08. The lowest BCUT2D eigenvalue weighted by atomic mass is 10.2. The van der Waals surface area contributed by atoms with Crippen molar-refractivity contribution in [1.82, 2.24) is 0 Å². The van der Waals surface area contributed by atoms with Crippen LogP contribution >= 0.6 is 0 Å². The van der Waals surface area contributed by atoms with Crippen molar-refractivity contribution < 1.29 is 14.6 Å². The van der Waals surface area contributed by atoms with Crippen molar-refractivity contribution in [3.8, 4) is 11.5 Å². The van der Waals surface area contributed by atoms with E-state index in [0.717, 1.165) is 0 Å². The molecule has 0 aliphatic heterocycles. The topological polar surface area (TPSA) is 84.6 Å². The SMILES string of the molecule is CC[C@H](N)C(=O)Nc1cc(OC)ccc1O. The zero-order chi connectivity index (χ0) is 12.1. The summed E-state index contributed by atoms with van der Waals surface area (Å²) in [5, 5.41) is 12.1. The molecule has 0 fully saturated rings. The molecule has 1 aromatic carbocycles. The Morgan fingerprint density at radius 1 is 1.62 bits per heavy atom. The van der Waals surface area contributed by atoms with E-state index in [4.69, 9.17) is 10.5 Å². The second kappa shape index (κ2) is 5.37. The lowest BCUT2D eigenvalue weighted by molar-refractivity contribution is -0.117. The molecule has 5 heteroatoms. The number of benzene rings is 1. The van der Waals surface area contributed by atoms with Crippen LogP contribution in [0.1, 0.15) is 13.3 Å². The van der Waals surface area contributed by atoms with Gasteiger partial charge in [-0.1, -0.05) is 6.92 Å². The third-order valence-electron chi connectivity index (χ3n) is 2.24. The van der Waals surface area contributed by atoms with Crippen molar-refractivity contribution in [3.05, 3.63) is 18.2 Å². The van der Waals surface area contributed by atoms with Crippen molar-refractivity contribution in [3.63, 3.8) is 0 Å². The molecule has 88 valence electrons. The molecule has 0 spiro atoms. The van der Waals surface area contributed by atoms with Crippen molar-refractivity contribution >= 4 is 11.6 Å². The monoisotopic (exact) mass is 224 g/mol. The summed E-state index contributed by atoms with van der Waals surface area (Å²) in [6, 6.07) is 4.01. The molecule has 1 atom stereocenters. The van der Waals surface area contributed by atoms with Crippen LogP contribution in [0.25, 0.3) is 0 Å². The first-order valence-electron chi connectivity index (χ1n) is 5.02. The molecule has 4 N–H and O–H groups in total. The molecule has 1 aromatic rings. The van der Waals surface area contributed by atoms with E-state index in [1.807, 2.05) is 6.92 Å².